The second kappa shape index (κ2) is 27.0. The van der Waals surface area contributed by atoms with Crippen LogP contribution in [0.4, 0.5) is 0 Å². The van der Waals surface area contributed by atoms with Crippen LogP contribution in [0.5, 0.6) is 34.5 Å². The monoisotopic (exact) mass is 764 g/mol. The molecule has 3 aromatic rings. The second-order valence-electron chi connectivity index (χ2n) is 13.9. The molecule has 0 unspecified atom stereocenters. The summed E-state index contributed by atoms with van der Waals surface area (Å²) in [5.41, 5.74) is 3.89. The Morgan fingerprint density at radius 3 is 1.05 bits per heavy atom. The summed E-state index contributed by atoms with van der Waals surface area (Å²) in [6.07, 6.45) is 13.0. The Bertz CT molecular complexity index is 1370. The van der Waals surface area contributed by atoms with Crippen LogP contribution in [0.3, 0.4) is 0 Å². The van der Waals surface area contributed by atoms with Crippen molar-refractivity contribution >= 4 is 0 Å². The first-order valence-electron chi connectivity index (χ1n) is 21.1. The first kappa shape index (κ1) is 44.1. The van der Waals surface area contributed by atoms with E-state index in [0.717, 1.165) is 122 Å². The van der Waals surface area contributed by atoms with Gasteiger partial charge >= 0.3 is 0 Å². The first-order chi connectivity index (χ1) is 27.2. The average molecular weight is 765 g/mol. The van der Waals surface area contributed by atoms with Gasteiger partial charge in [0.1, 0.15) is 13.2 Å². The smallest absolute Gasteiger partial charge is 0.161 e. The van der Waals surface area contributed by atoms with Gasteiger partial charge in [0.05, 0.1) is 66.1 Å². The summed E-state index contributed by atoms with van der Waals surface area (Å²) in [5, 5.41) is 0. The lowest BCUT2D eigenvalue weighted by Gasteiger charge is -2.20. The van der Waals surface area contributed by atoms with Gasteiger partial charge in [-0.2, -0.15) is 0 Å². The highest BCUT2D eigenvalue weighted by Crippen LogP contribution is 2.45. The lowest BCUT2D eigenvalue weighted by Crippen LogP contribution is -2.13. The molecule has 0 amide bonds. The molecular formula is C46H68O9. The maximum Gasteiger partial charge on any atom is 0.161 e. The van der Waals surface area contributed by atoms with E-state index < -0.39 is 0 Å². The molecule has 0 bridgehead atoms. The van der Waals surface area contributed by atoms with Crippen LogP contribution in [0.15, 0.2) is 48.5 Å². The van der Waals surface area contributed by atoms with Gasteiger partial charge in [-0.05, 0) is 84.3 Å². The lowest BCUT2D eigenvalue weighted by molar-refractivity contribution is 0.00708. The molecule has 0 saturated carbocycles. The summed E-state index contributed by atoms with van der Waals surface area (Å²) in [4.78, 5) is 0. The zero-order chi connectivity index (χ0) is 38.8. The van der Waals surface area contributed by atoms with Gasteiger partial charge in [0.25, 0.3) is 0 Å². The highest BCUT2D eigenvalue weighted by Gasteiger charge is 2.20. The minimum atomic E-state index is 0.363. The SMILES string of the molecule is CCCCCOc1ccc(-c2cc3c(cc2-c2ccc(OCCCCC)c(OCCCCC)c2)OCCOCCOCCOCCO3)cc1OCCCCC. The zero-order valence-electron chi connectivity index (χ0n) is 34.3. The predicted octanol–water partition coefficient (Wildman–Crippen LogP) is 11.1. The first-order valence-corrected chi connectivity index (χ1v) is 21.1. The van der Waals surface area contributed by atoms with E-state index in [1.54, 1.807) is 0 Å². The summed E-state index contributed by atoms with van der Waals surface area (Å²) in [5.74, 6) is 4.28. The van der Waals surface area contributed by atoms with Crippen molar-refractivity contribution in [3.05, 3.63) is 48.5 Å². The number of rotatable bonds is 22. The van der Waals surface area contributed by atoms with E-state index >= 15 is 0 Å². The van der Waals surface area contributed by atoms with Crippen LogP contribution in [0, 0.1) is 0 Å². The molecule has 0 radical (unpaired) electrons. The van der Waals surface area contributed by atoms with Crippen molar-refractivity contribution in [1.82, 2.24) is 0 Å². The Morgan fingerprint density at radius 1 is 0.382 bits per heavy atom. The Hall–Kier alpha value is -3.66. The van der Waals surface area contributed by atoms with Gasteiger partial charge in [0.2, 0.25) is 0 Å². The van der Waals surface area contributed by atoms with Gasteiger partial charge in [-0.25, -0.2) is 0 Å². The molecule has 0 N–H and O–H groups in total. The molecule has 1 aliphatic heterocycles. The summed E-state index contributed by atoms with van der Waals surface area (Å²) in [6, 6.07) is 16.6. The van der Waals surface area contributed by atoms with E-state index in [1.807, 2.05) is 12.1 Å². The fourth-order valence-corrected chi connectivity index (χ4v) is 6.18. The van der Waals surface area contributed by atoms with E-state index in [9.17, 15) is 0 Å². The van der Waals surface area contributed by atoms with E-state index in [1.165, 1.54) is 0 Å². The molecule has 0 aliphatic carbocycles. The van der Waals surface area contributed by atoms with Crippen molar-refractivity contribution in [2.24, 2.45) is 0 Å². The van der Waals surface area contributed by atoms with Crippen molar-refractivity contribution in [2.45, 2.75) is 105 Å². The van der Waals surface area contributed by atoms with Crippen molar-refractivity contribution < 1.29 is 42.6 Å². The largest absolute Gasteiger partial charge is 0.490 e. The molecule has 9 heteroatoms. The third kappa shape index (κ3) is 15.8. The molecule has 55 heavy (non-hydrogen) atoms. The molecule has 0 aromatic heterocycles. The van der Waals surface area contributed by atoms with Gasteiger partial charge in [0, 0.05) is 0 Å². The van der Waals surface area contributed by atoms with Crippen LogP contribution in [0.2, 0.25) is 0 Å². The van der Waals surface area contributed by atoms with Crippen LogP contribution < -0.4 is 28.4 Å². The average Bonchev–Trinajstić information content (AvgIpc) is 3.21. The summed E-state index contributed by atoms with van der Waals surface area (Å²) in [6.45, 7) is 15.0. The topological polar surface area (TPSA) is 83.1 Å². The van der Waals surface area contributed by atoms with Crippen LogP contribution in [-0.2, 0) is 14.2 Å². The number of fused-ring (bicyclic) bond motifs is 1. The highest BCUT2D eigenvalue weighted by atomic mass is 16.6. The summed E-state index contributed by atoms with van der Waals surface area (Å²) >= 11 is 0. The maximum atomic E-state index is 6.44. The Labute approximate surface area is 331 Å². The molecule has 1 heterocycles. The van der Waals surface area contributed by atoms with Crippen LogP contribution in [0.25, 0.3) is 22.3 Å². The van der Waals surface area contributed by atoms with Gasteiger partial charge in [0.15, 0.2) is 34.5 Å². The Kier molecular flexibility index (Phi) is 21.6. The van der Waals surface area contributed by atoms with Crippen molar-refractivity contribution in [3.8, 4) is 56.8 Å². The third-order valence-electron chi connectivity index (χ3n) is 9.33. The minimum absolute atomic E-state index is 0.363. The Morgan fingerprint density at radius 2 is 0.709 bits per heavy atom. The van der Waals surface area contributed by atoms with Crippen LogP contribution in [0.1, 0.15) is 105 Å². The van der Waals surface area contributed by atoms with Crippen LogP contribution >= 0.6 is 0 Å². The molecule has 1 aliphatic rings. The molecule has 0 fully saturated rings. The van der Waals surface area contributed by atoms with E-state index in [-0.39, 0.29) is 0 Å². The fourth-order valence-electron chi connectivity index (χ4n) is 6.18. The van der Waals surface area contributed by atoms with Gasteiger partial charge in [-0.3, -0.25) is 0 Å². The molecule has 4 rings (SSSR count). The minimum Gasteiger partial charge on any atom is -0.490 e. The normalized spacial score (nSPS) is 14.1. The van der Waals surface area contributed by atoms with Gasteiger partial charge in [-0.15, -0.1) is 0 Å². The molecule has 0 saturated heterocycles. The Balaban J connectivity index is 1.80. The predicted molar refractivity (Wildman–Crippen MR) is 221 cm³/mol. The van der Waals surface area contributed by atoms with Crippen molar-refractivity contribution in [3.63, 3.8) is 0 Å². The number of ether oxygens (including phenoxy) is 9. The standard InChI is InChI=1S/C46H68O9/c1-5-9-13-21-50-41-19-17-37(33-43(41)52-23-15-11-7-3)39-35-45-46(55-32-30-49-28-26-47-25-27-48-29-31-54-45)36-40(39)38-18-20-42(51-22-14-10-6-2)44(34-38)53-24-16-12-8-4/h17-20,33-36H,5-16,21-32H2,1-4H3. The lowest BCUT2D eigenvalue weighted by atomic mass is 9.93. The van der Waals surface area contributed by atoms with Gasteiger partial charge < -0.3 is 42.6 Å². The molecule has 9 nitrogen and oxygen atoms in total. The van der Waals surface area contributed by atoms with E-state index in [0.29, 0.717) is 90.8 Å². The second-order valence-corrected chi connectivity index (χ2v) is 13.9. The van der Waals surface area contributed by atoms with Crippen LogP contribution in [-0.4, -0.2) is 79.3 Å². The van der Waals surface area contributed by atoms with Gasteiger partial charge in [-0.1, -0.05) is 91.2 Å². The molecule has 0 atom stereocenters. The number of hydrogen-bond acceptors (Lipinski definition) is 9. The van der Waals surface area contributed by atoms with Crippen molar-refractivity contribution in [2.75, 3.05) is 79.3 Å². The molecule has 0 spiro atoms. The highest BCUT2D eigenvalue weighted by molar-refractivity contribution is 5.87. The van der Waals surface area contributed by atoms with E-state index in [2.05, 4.69) is 64.1 Å². The molecule has 3 aromatic carbocycles. The quantitative estimate of drug-likeness (QED) is 0.0929. The molecule has 306 valence electrons. The number of benzene rings is 3. The number of unbranched alkanes of at least 4 members (excludes halogenated alkanes) is 8. The van der Waals surface area contributed by atoms with E-state index in [4.69, 9.17) is 42.6 Å². The third-order valence-corrected chi connectivity index (χ3v) is 9.33. The zero-order valence-corrected chi connectivity index (χ0v) is 34.3. The maximum absolute atomic E-state index is 6.44. The summed E-state index contributed by atoms with van der Waals surface area (Å²) < 4.78 is 55.4. The van der Waals surface area contributed by atoms with Crippen molar-refractivity contribution in [1.29, 1.82) is 0 Å². The molecular weight excluding hydrogens is 696 g/mol. The number of hydrogen-bond donors (Lipinski definition) is 0. The fraction of sp³-hybridized carbons (Fsp3) is 0.609. The summed E-state index contributed by atoms with van der Waals surface area (Å²) in [7, 11) is 0.